The van der Waals surface area contributed by atoms with Gasteiger partial charge in [-0.25, -0.2) is 4.31 Å². The molecular formula is C17H21N3S. The monoisotopic (exact) mass is 299 g/mol. The van der Waals surface area contributed by atoms with Crippen molar-refractivity contribution in [2.45, 2.75) is 4.90 Å². The number of nitrogens with zero attached hydrogens (tertiary/aromatic N) is 2. The van der Waals surface area contributed by atoms with Gasteiger partial charge in [0, 0.05) is 49.5 Å². The van der Waals surface area contributed by atoms with Gasteiger partial charge in [0.15, 0.2) is 0 Å². The maximum Gasteiger partial charge on any atom is 0.0367 e. The average Bonchev–Trinajstić information content (AvgIpc) is 2.56. The van der Waals surface area contributed by atoms with E-state index in [1.54, 1.807) is 0 Å². The van der Waals surface area contributed by atoms with E-state index >= 15 is 0 Å². The summed E-state index contributed by atoms with van der Waals surface area (Å²) < 4.78 is 2.45. The molecule has 0 unspecified atom stereocenters. The standard InChI is InChI=1S/C17H21N3S/c1-18-15-6-5-9-17(14-15)21-20-12-10-19(11-13-20)16-7-3-2-4-8-16/h2-9,14,18H,10-13H2,1H3. The van der Waals surface area contributed by atoms with E-state index in [9.17, 15) is 0 Å². The lowest BCUT2D eigenvalue weighted by Gasteiger charge is -2.35. The highest BCUT2D eigenvalue weighted by atomic mass is 32.2. The lowest BCUT2D eigenvalue weighted by Crippen LogP contribution is -2.43. The summed E-state index contributed by atoms with van der Waals surface area (Å²) in [7, 11) is 1.96. The Morgan fingerprint density at radius 3 is 2.38 bits per heavy atom. The SMILES string of the molecule is CNc1cccc(SN2CCN(c3ccccc3)CC2)c1. The molecule has 1 aliphatic heterocycles. The van der Waals surface area contributed by atoms with Gasteiger partial charge in [0.25, 0.3) is 0 Å². The molecule has 0 amide bonds. The predicted octanol–water partition coefficient (Wildman–Crippen LogP) is 3.56. The van der Waals surface area contributed by atoms with E-state index in [1.807, 2.05) is 19.0 Å². The predicted molar refractivity (Wildman–Crippen MR) is 92.1 cm³/mol. The summed E-state index contributed by atoms with van der Waals surface area (Å²) in [5.41, 5.74) is 2.50. The van der Waals surface area contributed by atoms with Crippen LogP contribution in [0.3, 0.4) is 0 Å². The van der Waals surface area contributed by atoms with Gasteiger partial charge < -0.3 is 10.2 Å². The number of hydrogen-bond acceptors (Lipinski definition) is 4. The zero-order valence-electron chi connectivity index (χ0n) is 12.3. The molecule has 1 heterocycles. The van der Waals surface area contributed by atoms with Crippen LogP contribution in [0.4, 0.5) is 11.4 Å². The number of rotatable bonds is 4. The van der Waals surface area contributed by atoms with Crippen molar-refractivity contribution in [1.29, 1.82) is 0 Å². The van der Waals surface area contributed by atoms with E-state index in [2.05, 4.69) is 69.1 Å². The zero-order chi connectivity index (χ0) is 14.5. The Morgan fingerprint density at radius 1 is 0.905 bits per heavy atom. The first-order valence-electron chi connectivity index (χ1n) is 7.36. The Kier molecular flexibility index (Phi) is 4.68. The molecule has 1 saturated heterocycles. The number of hydrogen-bond donors (Lipinski definition) is 1. The highest BCUT2D eigenvalue weighted by molar-refractivity contribution is 7.97. The second-order valence-corrected chi connectivity index (χ2v) is 6.29. The third kappa shape index (κ3) is 3.71. The maximum atomic E-state index is 3.19. The van der Waals surface area contributed by atoms with Crippen LogP contribution in [0.5, 0.6) is 0 Å². The van der Waals surface area contributed by atoms with Crippen molar-refractivity contribution in [1.82, 2.24) is 4.31 Å². The quantitative estimate of drug-likeness (QED) is 0.870. The van der Waals surface area contributed by atoms with E-state index in [1.165, 1.54) is 16.3 Å². The number of piperazine rings is 1. The molecule has 0 aromatic heterocycles. The molecule has 0 spiro atoms. The Balaban J connectivity index is 1.56. The van der Waals surface area contributed by atoms with Gasteiger partial charge in [-0.3, -0.25) is 0 Å². The minimum Gasteiger partial charge on any atom is -0.388 e. The minimum absolute atomic E-state index is 1.09. The van der Waals surface area contributed by atoms with Gasteiger partial charge in [-0.2, -0.15) is 0 Å². The molecule has 0 atom stereocenters. The van der Waals surface area contributed by atoms with Crippen LogP contribution in [0.2, 0.25) is 0 Å². The van der Waals surface area contributed by atoms with Gasteiger partial charge in [0.05, 0.1) is 0 Å². The molecule has 1 fully saturated rings. The topological polar surface area (TPSA) is 18.5 Å². The smallest absolute Gasteiger partial charge is 0.0367 e. The highest BCUT2D eigenvalue weighted by Crippen LogP contribution is 2.27. The maximum absolute atomic E-state index is 3.19. The molecule has 1 N–H and O–H groups in total. The lowest BCUT2D eigenvalue weighted by atomic mass is 10.2. The number of para-hydroxylation sites is 1. The third-order valence-electron chi connectivity index (χ3n) is 3.72. The number of benzene rings is 2. The number of anilines is 2. The summed E-state index contributed by atoms with van der Waals surface area (Å²) in [6.07, 6.45) is 0. The first kappa shape index (κ1) is 14.3. The average molecular weight is 299 g/mol. The first-order chi connectivity index (χ1) is 10.3. The van der Waals surface area contributed by atoms with E-state index < -0.39 is 0 Å². The fourth-order valence-electron chi connectivity index (χ4n) is 2.53. The van der Waals surface area contributed by atoms with Crippen LogP contribution in [0, 0.1) is 0 Å². The Labute approximate surface area is 131 Å². The normalized spacial score (nSPS) is 16.0. The molecule has 1 aliphatic rings. The van der Waals surface area contributed by atoms with Crippen molar-refractivity contribution >= 4 is 23.3 Å². The van der Waals surface area contributed by atoms with Gasteiger partial charge in [0.1, 0.15) is 0 Å². The summed E-state index contributed by atoms with van der Waals surface area (Å²) in [5, 5.41) is 3.19. The highest BCUT2D eigenvalue weighted by Gasteiger charge is 2.17. The van der Waals surface area contributed by atoms with Gasteiger partial charge in [0.2, 0.25) is 0 Å². The van der Waals surface area contributed by atoms with E-state index in [-0.39, 0.29) is 0 Å². The number of nitrogens with one attached hydrogen (secondary N) is 1. The summed E-state index contributed by atoms with van der Waals surface area (Å²) in [4.78, 5) is 3.76. The Morgan fingerprint density at radius 2 is 1.67 bits per heavy atom. The molecule has 21 heavy (non-hydrogen) atoms. The zero-order valence-corrected chi connectivity index (χ0v) is 13.1. The largest absolute Gasteiger partial charge is 0.388 e. The van der Waals surface area contributed by atoms with E-state index in [4.69, 9.17) is 0 Å². The van der Waals surface area contributed by atoms with Crippen molar-refractivity contribution in [3.8, 4) is 0 Å². The molecule has 3 nitrogen and oxygen atoms in total. The fourth-order valence-corrected chi connectivity index (χ4v) is 3.50. The molecule has 2 aromatic carbocycles. The minimum atomic E-state index is 1.09. The molecule has 0 bridgehead atoms. The third-order valence-corrected chi connectivity index (χ3v) is 4.81. The summed E-state index contributed by atoms with van der Waals surface area (Å²) >= 11 is 1.86. The molecule has 110 valence electrons. The second-order valence-electron chi connectivity index (χ2n) is 5.12. The van der Waals surface area contributed by atoms with Gasteiger partial charge in [-0.05, 0) is 42.3 Å². The molecule has 4 heteroatoms. The van der Waals surface area contributed by atoms with Crippen LogP contribution in [-0.4, -0.2) is 37.5 Å². The van der Waals surface area contributed by atoms with Crippen LogP contribution in [0.25, 0.3) is 0 Å². The van der Waals surface area contributed by atoms with Crippen LogP contribution < -0.4 is 10.2 Å². The Bertz CT molecular complexity index is 565. The fraction of sp³-hybridized carbons (Fsp3) is 0.294. The second kappa shape index (κ2) is 6.87. The molecular weight excluding hydrogens is 278 g/mol. The summed E-state index contributed by atoms with van der Waals surface area (Å²) in [6.45, 7) is 4.35. The van der Waals surface area contributed by atoms with Gasteiger partial charge in [-0.1, -0.05) is 24.3 Å². The van der Waals surface area contributed by atoms with Crippen LogP contribution in [0.15, 0.2) is 59.5 Å². The van der Waals surface area contributed by atoms with Crippen molar-refractivity contribution < 1.29 is 0 Å². The van der Waals surface area contributed by atoms with Gasteiger partial charge >= 0.3 is 0 Å². The summed E-state index contributed by atoms with van der Waals surface area (Å²) in [5.74, 6) is 0. The molecule has 0 aliphatic carbocycles. The van der Waals surface area contributed by atoms with Gasteiger partial charge in [-0.15, -0.1) is 0 Å². The van der Waals surface area contributed by atoms with Crippen molar-refractivity contribution in [3.05, 3.63) is 54.6 Å². The van der Waals surface area contributed by atoms with Crippen LogP contribution in [-0.2, 0) is 0 Å². The summed E-state index contributed by atoms with van der Waals surface area (Å²) in [6, 6.07) is 19.3. The van der Waals surface area contributed by atoms with Crippen LogP contribution >= 0.6 is 11.9 Å². The molecule has 3 rings (SSSR count). The van der Waals surface area contributed by atoms with Crippen molar-refractivity contribution in [2.24, 2.45) is 0 Å². The van der Waals surface area contributed by atoms with E-state index in [0.717, 1.165) is 26.2 Å². The Hall–Kier alpha value is -1.65. The lowest BCUT2D eigenvalue weighted by molar-refractivity contribution is 0.429. The first-order valence-corrected chi connectivity index (χ1v) is 8.13. The molecule has 0 saturated carbocycles. The van der Waals surface area contributed by atoms with E-state index in [0.29, 0.717) is 0 Å². The van der Waals surface area contributed by atoms with Crippen LogP contribution in [0.1, 0.15) is 0 Å². The molecule has 0 radical (unpaired) electrons. The molecule has 2 aromatic rings. The van der Waals surface area contributed by atoms with Crippen molar-refractivity contribution in [2.75, 3.05) is 43.4 Å². The van der Waals surface area contributed by atoms with Crippen molar-refractivity contribution in [3.63, 3.8) is 0 Å².